The Morgan fingerprint density at radius 3 is 2.07 bits per heavy atom. The Kier molecular flexibility index (Phi) is 11.2. The highest BCUT2D eigenvalue weighted by Gasteiger charge is 2.39. The fourth-order valence-corrected chi connectivity index (χ4v) is 5.05. The second kappa shape index (κ2) is 15.2. The van der Waals surface area contributed by atoms with Gasteiger partial charge in [-0.1, -0.05) is 12.1 Å². The molecule has 1 saturated heterocycles. The first-order valence-electron chi connectivity index (χ1n) is 14.2. The van der Waals surface area contributed by atoms with Gasteiger partial charge in [-0.25, -0.2) is 9.59 Å². The molecule has 0 bridgehead atoms. The van der Waals surface area contributed by atoms with Crippen molar-refractivity contribution in [3.8, 4) is 17.2 Å². The van der Waals surface area contributed by atoms with Crippen LogP contribution in [0, 0.1) is 13.8 Å². The summed E-state index contributed by atoms with van der Waals surface area (Å²) in [5.41, 5.74) is 2.43. The van der Waals surface area contributed by atoms with Crippen molar-refractivity contribution >= 4 is 23.8 Å². The summed E-state index contributed by atoms with van der Waals surface area (Å²) >= 11 is 0. The third-order valence-corrected chi connectivity index (χ3v) is 7.30. The van der Waals surface area contributed by atoms with Crippen molar-refractivity contribution in [3.05, 3.63) is 88.0 Å². The van der Waals surface area contributed by atoms with Crippen molar-refractivity contribution in [2.45, 2.75) is 26.0 Å². The lowest BCUT2D eigenvalue weighted by molar-refractivity contribution is 0.0266. The number of benzene rings is 3. The molecule has 4 rings (SSSR count). The number of hydrogen-bond donors (Lipinski definition) is 2. The lowest BCUT2D eigenvalue weighted by Gasteiger charge is -2.21. The van der Waals surface area contributed by atoms with E-state index in [4.69, 9.17) is 28.4 Å². The second-order valence-electron chi connectivity index (χ2n) is 10.5. The number of aryl methyl sites for hydroxylation is 2. The van der Waals surface area contributed by atoms with Gasteiger partial charge in [0.2, 0.25) is 0 Å². The molecule has 13 heteroatoms. The number of esters is 1. The highest BCUT2D eigenvalue weighted by Crippen LogP contribution is 2.28. The molecule has 0 radical (unpaired) electrons. The van der Waals surface area contributed by atoms with Crippen molar-refractivity contribution in [1.29, 1.82) is 0 Å². The molecular formula is C33H36N2O11. The summed E-state index contributed by atoms with van der Waals surface area (Å²) in [6.07, 6.45) is -2.17. The van der Waals surface area contributed by atoms with E-state index < -0.39 is 30.1 Å². The van der Waals surface area contributed by atoms with Crippen LogP contribution in [0.3, 0.4) is 0 Å². The molecule has 3 aromatic rings. The Morgan fingerprint density at radius 2 is 1.46 bits per heavy atom. The van der Waals surface area contributed by atoms with Crippen LogP contribution in [0.2, 0.25) is 0 Å². The normalized spacial score (nSPS) is 15.6. The summed E-state index contributed by atoms with van der Waals surface area (Å²) in [6.45, 7) is 3.38. The predicted octanol–water partition coefficient (Wildman–Crippen LogP) is 3.83. The lowest BCUT2D eigenvalue weighted by atomic mass is 10.0. The first kappa shape index (κ1) is 33.7. The molecule has 1 fully saturated rings. The standard InChI is InChI=1S/C33H36N2O11/c1-19-12-23(13-20(2)30(19)45-18-42-4)31(37)34-26-15-35(33(39)40)16-28(26)46-32(38)22-8-6-21(7-9-22)29(36)25-14-24(43-5)10-11-27(25)44-17-41-3/h6-14,26,28H,15-18H2,1-5H3,(H,34,37)(H,39,40). The van der Waals surface area contributed by atoms with Gasteiger partial charge in [-0.05, 0) is 67.4 Å². The van der Waals surface area contributed by atoms with Gasteiger partial charge in [0.25, 0.3) is 5.91 Å². The maximum Gasteiger partial charge on any atom is 0.407 e. The largest absolute Gasteiger partial charge is 0.497 e. The average Bonchev–Trinajstić information content (AvgIpc) is 3.45. The van der Waals surface area contributed by atoms with Gasteiger partial charge in [0.1, 0.15) is 23.4 Å². The zero-order chi connectivity index (χ0) is 33.4. The Balaban J connectivity index is 1.48. The molecule has 46 heavy (non-hydrogen) atoms. The highest BCUT2D eigenvalue weighted by molar-refractivity contribution is 6.11. The van der Waals surface area contributed by atoms with E-state index in [1.54, 1.807) is 44.2 Å². The van der Waals surface area contributed by atoms with Crippen LogP contribution in [0.4, 0.5) is 4.79 Å². The van der Waals surface area contributed by atoms with Crippen LogP contribution < -0.4 is 19.5 Å². The Hall–Kier alpha value is -5.14. The smallest absolute Gasteiger partial charge is 0.407 e. The van der Waals surface area contributed by atoms with E-state index in [9.17, 15) is 24.3 Å². The molecule has 244 valence electrons. The molecule has 0 aliphatic carbocycles. The van der Waals surface area contributed by atoms with Crippen molar-refractivity contribution in [3.63, 3.8) is 0 Å². The van der Waals surface area contributed by atoms with Crippen LogP contribution in [0.1, 0.15) is 47.8 Å². The number of carboxylic acid groups (broad SMARTS) is 1. The van der Waals surface area contributed by atoms with Crippen LogP contribution >= 0.6 is 0 Å². The van der Waals surface area contributed by atoms with Crippen LogP contribution in [0.5, 0.6) is 17.2 Å². The SMILES string of the molecule is COCOc1ccc(OC)cc1C(=O)c1ccc(C(=O)OC2CN(C(=O)O)CC2NC(=O)c2cc(C)c(OCOC)c(C)c2)cc1. The molecule has 2 amide bonds. The predicted molar refractivity (Wildman–Crippen MR) is 164 cm³/mol. The Morgan fingerprint density at radius 1 is 0.826 bits per heavy atom. The van der Waals surface area contributed by atoms with Crippen molar-refractivity contribution in [2.75, 3.05) is 48.0 Å². The second-order valence-corrected chi connectivity index (χ2v) is 10.5. The highest BCUT2D eigenvalue weighted by atomic mass is 16.7. The molecule has 0 aromatic heterocycles. The average molecular weight is 637 g/mol. The van der Waals surface area contributed by atoms with Gasteiger partial charge in [0.15, 0.2) is 19.4 Å². The maximum absolute atomic E-state index is 13.3. The molecule has 1 heterocycles. The van der Waals surface area contributed by atoms with Crippen LogP contribution in [-0.2, 0) is 14.2 Å². The first-order valence-corrected chi connectivity index (χ1v) is 14.2. The zero-order valence-electron chi connectivity index (χ0n) is 26.2. The van der Waals surface area contributed by atoms with Gasteiger partial charge in [-0.3, -0.25) is 9.59 Å². The van der Waals surface area contributed by atoms with Crippen LogP contribution in [0.25, 0.3) is 0 Å². The van der Waals surface area contributed by atoms with Crippen molar-refractivity contribution in [2.24, 2.45) is 0 Å². The minimum Gasteiger partial charge on any atom is -0.497 e. The Labute approximate surface area is 265 Å². The van der Waals surface area contributed by atoms with E-state index in [0.717, 1.165) is 16.0 Å². The quantitative estimate of drug-likeness (QED) is 0.160. The third kappa shape index (κ3) is 7.92. The fraction of sp³-hybridized carbons (Fsp3) is 0.333. The third-order valence-electron chi connectivity index (χ3n) is 7.30. The molecule has 2 N–H and O–H groups in total. The number of hydrogen-bond acceptors (Lipinski definition) is 10. The molecule has 3 aromatic carbocycles. The van der Waals surface area contributed by atoms with Crippen molar-refractivity contribution < 1.29 is 52.7 Å². The van der Waals surface area contributed by atoms with E-state index in [-0.39, 0.29) is 49.1 Å². The van der Waals surface area contributed by atoms with E-state index in [1.165, 1.54) is 45.6 Å². The first-order chi connectivity index (χ1) is 22.1. The van der Waals surface area contributed by atoms with E-state index in [1.807, 2.05) is 0 Å². The summed E-state index contributed by atoms with van der Waals surface area (Å²) in [5.74, 6) is -0.220. The molecule has 0 saturated carbocycles. The summed E-state index contributed by atoms with van der Waals surface area (Å²) in [5, 5.41) is 12.4. The number of methoxy groups -OCH3 is 3. The summed E-state index contributed by atoms with van der Waals surface area (Å²) < 4.78 is 32.0. The van der Waals surface area contributed by atoms with Crippen LogP contribution in [-0.4, -0.2) is 93.9 Å². The molecule has 1 aliphatic rings. The molecule has 0 spiro atoms. The number of amides is 2. The van der Waals surface area contributed by atoms with Crippen LogP contribution in [0.15, 0.2) is 54.6 Å². The number of ketones is 1. The van der Waals surface area contributed by atoms with Gasteiger partial charge in [0.05, 0.1) is 30.8 Å². The Bertz CT molecular complexity index is 1570. The molecule has 2 unspecified atom stereocenters. The van der Waals surface area contributed by atoms with Gasteiger partial charge < -0.3 is 43.7 Å². The summed E-state index contributed by atoms with van der Waals surface area (Å²) in [4.78, 5) is 52.5. The molecule has 13 nitrogen and oxygen atoms in total. The van der Waals surface area contributed by atoms with Gasteiger partial charge in [-0.2, -0.15) is 0 Å². The minimum absolute atomic E-state index is 0.0550. The maximum atomic E-state index is 13.3. The van der Waals surface area contributed by atoms with E-state index >= 15 is 0 Å². The number of nitrogens with one attached hydrogen (secondary N) is 1. The molecule has 2 atom stereocenters. The topological polar surface area (TPSA) is 159 Å². The van der Waals surface area contributed by atoms with Gasteiger partial charge >= 0.3 is 12.1 Å². The molecular weight excluding hydrogens is 600 g/mol. The number of carbonyl (C=O) groups is 4. The van der Waals surface area contributed by atoms with Gasteiger partial charge in [-0.15, -0.1) is 0 Å². The number of carbonyl (C=O) groups excluding carboxylic acids is 3. The van der Waals surface area contributed by atoms with Gasteiger partial charge in [0, 0.05) is 31.9 Å². The fourth-order valence-electron chi connectivity index (χ4n) is 5.05. The zero-order valence-corrected chi connectivity index (χ0v) is 26.2. The number of ether oxygens (including phenoxy) is 6. The van der Waals surface area contributed by atoms with E-state index in [2.05, 4.69) is 5.32 Å². The van der Waals surface area contributed by atoms with Crippen molar-refractivity contribution in [1.82, 2.24) is 10.2 Å². The lowest BCUT2D eigenvalue weighted by Crippen LogP contribution is -2.44. The number of likely N-dealkylation sites (tertiary alicyclic amines) is 1. The minimum atomic E-state index is -1.21. The number of nitrogens with zero attached hydrogens (tertiary/aromatic N) is 1. The van der Waals surface area contributed by atoms with E-state index in [0.29, 0.717) is 22.8 Å². The monoisotopic (exact) mass is 636 g/mol. The number of rotatable bonds is 13. The summed E-state index contributed by atoms with van der Waals surface area (Å²) in [7, 11) is 4.45. The molecule has 1 aliphatic heterocycles. The summed E-state index contributed by atoms with van der Waals surface area (Å²) in [6, 6.07) is 13.1.